The van der Waals surface area contributed by atoms with Gasteiger partial charge in [0, 0.05) is 31.5 Å². The van der Waals surface area contributed by atoms with E-state index in [0.717, 1.165) is 35.8 Å². The van der Waals surface area contributed by atoms with Gasteiger partial charge in [-0.15, -0.1) is 0 Å². The molecule has 112 valence electrons. The molecule has 2 aromatic heterocycles. The third-order valence-corrected chi connectivity index (χ3v) is 4.85. The quantitative estimate of drug-likeness (QED) is 0.909. The predicted molar refractivity (Wildman–Crippen MR) is 88.5 cm³/mol. The van der Waals surface area contributed by atoms with Gasteiger partial charge in [0.1, 0.15) is 10.8 Å². The molecule has 21 heavy (non-hydrogen) atoms. The topological polar surface area (TPSA) is 67.1 Å². The van der Waals surface area contributed by atoms with Gasteiger partial charge >= 0.3 is 0 Å². The summed E-state index contributed by atoms with van der Waals surface area (Å²) in [7, 11) is 0. The molecule has 2 aromatic rings. The molecule has 5 nitrogen and oxygen atoms in total. The molecule has 3 heterocycles. The Balaban J connectivity index is 1.75. The van der Waals surface area contributed by atoms with Crippen molar-refractivity contribution < 1.29 is 0 Å². The monoisotopic (exact) mass is 303 g/mol. The van der Waals surface area contributed by atoms with Crippen molar-refractivity contribution in [2.24, 2.45) is 0 Å². The maximum atomic E-state index is 6.05. The van der Waals surface area contributed by atoms with Crippen molar-refractivity contribution in [2.45, 2.75) is 25.8 Å². The summed E-state index contributed by atoms with van der Waals surface area (Å²) in [6.07, 6.45) is 5.91. The molecule has 1 saturated heterocycles. The lowest BCUT2D eigenvalue weighted by molar-refractivity contribution is 0.230. The number of piperidine rings is 1. The van der Waals surface area contributed by atoms with E-state index in [1.165, 1.54) is 24.4 Å². The van der Waals surface area contributed by atoms with E-state index in [1.54, 1.807) is 12.4 Å². The Morgan fingerprint density at radius 2 is 2.05 bits per heavy atom. The molecule has 0 atom stereocenters. The molecule has 0 unspecified atom stereocenters. The van der Waals surface area contributed by atoms with Gasteiger partial charge in [-0.1, -0.05) is 6.92 Å². The summed E-state index contributed by atoms with van der Waals surface area (Å²) in [5.41, 5.74) is 8.14. The standard InChI is InChI=1S/C15H21N5S/c1-2-20-9-5-12(6-10-20)18-15-13(14(16)19-21-15)11-3-7-17-8-4-11/h3-4,7-8,12,18H,2,5-6,9-10H2,1H3,(H2,16,19). The first-order valence-electron chi connectivity index (χ1n) is 7.42. The number of nitrogen functional groups attached to an aromatic ring is 1. The molecule has 0 aliphatic carbocycles. The van der Waals surface area contributed by atoms with E-state index in [9.17, 15) is 0 Å². The number of nitrogens with zero attached hydrogens (tertiary/aromatic N) is 3. The molecular weight excluding hydrogens is 282 g/mol. The zero-order chi connectivity index (χ0) is 14.7. The molecule has 6 heteroatoms. The average molecular weight is 303 g/mol. The number of hydrogen-bond acceptors (Lipinski definition) is 6. The van der Waals surface area contributed by atoms with Crippen LogP contribution in [0.2, 0.25) is 0 Å². The van der Waals surface area contributed by atoms with Crippen LogP contribution >= 0.6 is 11.5 Å². The molecule has 0 saturated carbocycles. The van der Waals surface area contributed by atoms with E-state index in [1.807, 2.05) is 12.1 Å². The maximum absolute atomic E-state index is 6.05. The normalized spacial score (nSPS) is 17.0. The van der Waals surface area contributed by atoms with Gasteiger partial charge in [0.05, 0.1) is 5.56 Å². The van der Waals surface area contributed by atoms with Gasteiger partial charge in [-0.3, -0.25) is 4.98 Å². The molecule has 0 amide bonds. The third-order valence-electron chi connectivity index (χ3n) is 4.06. The summed E-state index contributed by atoms with van der Waals surface area (Å²) in [5, 5.41) is 4.72. The van der Waals surface area contributed by atoms with Crippen LogP contribution in [-0.4, -0.2) is 39.9 Å². The van der Waals surface area contributed by atoms with Gasteiger partial charge in [-0.05, 0) is 48.6 Å². The molecule has 1 aliphatic rings. The van der Waals surface area contributed by atoms with Crippen LogP contribution in [-0.2, 0) is 0 Å². The number of nitrogens with two attached hydrogens (primary N) is 1. The van der Waals surface area contributed by atoms with Gasteiger partial charge in [0.2, 0.25) is 0 Å². The average Bonchev–Trinajstić information content (AvgIpc) is 2.89. The van der Waals surface area contributed by atoms with Crippen LogP contribution in [0.5, 0.6) is 0 Å². The van der Waals surface area contributed by atoms with E-state index >= 15 is 0 Å². The van der Waals surface area contributed by atoms with Crippen LogP contribution in [0.15, 0.2) is 24.5 Å². The van der Waals surface area contributed by atoms with E-state index in [2.05, 4.69) is 26.5 Å². The van der Waals surface area contributed by atoms with Crippen LogP contribution in [0.3, 0.4) is 0 Å². The van der Waals surface area contributed by atoms with Gasteiger partial charge in [0.25, 0.3) is 0 Å². The van der Waals surface area contributed by atoms with Crippen molar-refractivity contribution in [1.29, 1.82) is 0 Å². The highest BCUT2D eigenvalue weighted by atomic mass is 32.1. The zero-order valence-electron chi connectivity index (χ0n) is 12.2. The Hall–Kier alpha value is -1.66. The van der Waals surface area contributed by atoms with Crippen LogP contribution in [0.4, 0.5) is 10.8 Å². The predicted octanol–water partition coefficient (Wildman–Crippen LogP) is 2.68. The van der Waals surface area contributed by atoms with Crippen molar-refractivity contribution in [3.63, 3.8) is 0 Å². The second kappa shape index (κ2) is 6.41. The van der Waals surface area contributed by atoms with Crippen LogP contribution in [0, 0.1) is 0 Å². The summed E-state index contributed by atoms with van der Waals surface area (Å²) in [5.74, 6) is 0.597. The highest BCUT2D eigenvalue weighted by molar-refractivity contribution is 7.11. The minimum absolute atomic E-state index is 0.508. The number of pyridine rings is 1. The van der Waals surface area contributed by atoms with Crippen molar-refractivity contribution in [1.82, 2.24) is 14.3 Å². The first-order chi connectivity index (χ1) is 10.3. The van der Waals surface area contributed by atoms with Crippen LogP contribution < -0.4 is 11.1 Å². The second-order valence-corrected chi connectivity index (χ2v) is 6.13. The Labute approximate surface area is 129 Å². The molecule has 0 spiro atoms. The van der Waals surface area contributed by atoms with E-state index in [-0.39, 0.29) is 0 Å². The van der Waals surface area contributed by atoms with E-state index < -0.39 is 0 Å². The summed E-state index contributed by atoms with van der Waals surface area (Å²) in [6.45, 7) is 5.68. The molecule has 3 rings (SSSR count). The van der Waals surface area contributed by atoms with Gasteiger partial charge < -0.3 is 16.0 Å². The lowest BCUT2D eigenvalue weighted by atomic mass is 10.0. The highest BCUT2D eigenvalue weighted by Gasteiger charge is 2.21. The highest BCUT2D eigenvalue weighted by Crippen LogP contribution is 2.37. The smallest absolute Gasteiger partial charge is 0.147 e. The van der Waals surface area contributed by atoms with Crippen LogP contribution in [0.1, 0.15) is 19.8 Å². The number of likely N-dealkylation sites (tertiary alicyclic amines) is 1. The number of rotatable bonds is 4. The summed E-state index contributed by atoms with van der Waals surface area (Å²) < 4.78 is 4.32. The Morgan fingerprint density at radius 1 is 1.33 bits per heavy atom. The first-order valence-corrected chi connectivity index (χ1v) is 8.19. The SMILES string of the molecule is CCN1CCC(Nc2snc(N)c2-c2ccncc2)CC1. The lowest BCUT2D eigenvalue weighted by Crippen LogP contribution is -2.38. The fourth-order valence-corrected chi connectivity index (χ4v) is 3.59. The number of anilines is 2. The number of aromatic nitrogens is 2. The Kier molecular flexibility index (Phi) is 4.36. The number of hydrogen-bond donors (Lipinski definition) is 2. The van der Waals surface area contributed by atoms with Gasteiger partial charge in [0.15, 0.2) is 0 Å². The Bertz CT molecular complexity index is 575. The lowest BCUT2D eigenvalue weighted by Gasteiger charge is -2.31. The number of nitrogens with one attached hydrogen (secondary N) is 1. The molecular formula is C15H21N5S. The maximum Gasteiger partial charge on any atom is 0.147 e. The van der Waals surface area contributed by atoms with Gasteiger partial charge in [-0.25, -0.2) is 0 Å². The Morgan fingerprint density at radius 3 is 2.71 bits per heavy atom. The fourth-order valence-electron chi connectivity index (χ4n) is 2.78. The molecule has 1 aliphatic heterocycles. The minimum Gasteiger partial charge on any atom is -0.382 e. The molecule has 0 aromatic carbocycles. The van der Waals surface area contributed by atoms with Crippen molar-refractivity contribution in [3.05, 3.63) is 24.5 Å². The van der Waals surface area contributed by atoms with E-state index in [4.69, 9.17) is 5.73 Å². The fraction of sp³-hybridized carbons (Fsp3) is 0.467. The van der Waals surface area contributed by atoms with Crippen molar-refractivity contribution in [3.8, 4) is 11.1 Å². The summed E-state index contributed by atoms with van der Waals surface area (Å²) in [6, 6.07) is 4.46. The third kappa shape index (κ3) is 3.16. The second-order valence-electron chi connectivity index (χ2n) is 5.36. The molecule has 3 N–H and O–H groups in total. The largest absolute Gasteiger partial charge is 0.382 e. The molecule has 0 bridgehead atoms. The van der Waals surface area contributed by atoms with E-state index in [0.29, 0.717) is 11.9 Å². The molecule has 0 radical (unpaired) electrons. The summed E-state index contributed by atoms with van der Waals surface area (Å²) in [4.78, 5) is 6.55. The van der Waals surface area contributed by atoms with Crippen molar-refractivity contribution in [2.75, 3.05) is 30.7 Å². The zero-order valence-corrected chi connectivity index (χ0v) is 13.1. The van der Waals surface area contributed by atoms with Crippen molar-refractivity contribution >= 4 is 22.4 Å². The minimum atomic E-state index is 0.508. The first kappa shape index (κ1) is 14.3. The summed E-state index contributed by atoms with van der Waals surface area (Å²) >= 11 is 1.45. The van der Waals surface area contributed by atoms with Gasteiger partial charge in [-0.2, -0.15) is 4.37 Å². The van der Waals surface area contributed by atoms with Crippen LogP contribution in [0.25, 0.3) is 11.1 Å². The molecule has 1 fully saturated rings.